The van der Waals surface area contributed by atoms with Crippen LogP contribution in [0.25, 0.3) is 0 Å². The van der Waals surface area contributed by atoms with E-state index in [1.807, 2.05) is 0 Å². The topological polar surface area (TPSA) is 95.7 Å². The van der Waals surface area contributed by atoms with Crippen molar-refractivity contribution in [1.82, 2.24) is 0 Å². The predicted octanol–water partition coefficient (Wildman–Crippen LogP) is 2.02. The third kappa shape index (κ3) is 16.7. The van der Waals surface area contributed by atoms with Crippen LogP contribution in [-0.4, -0.2) is 57.1 Å². The fraction of sp³-hybridized carbons (Fsp3) is 0.929. The van der Waals surface area contributed by atoms with Crippen LogP contribution < -0.4 is 5.73 Å². The molecule has 0 aliphatic heterocycles. The van der Waals surface area contributed by atoms with Gasteiger partial charge in [0.1, 0.15) is 0 Å². The molecular weight excluding hydrogens is 317 g/mol. The van der Waals surface area contributed by atoms with Crippen molar-refractivity contribution in [3.8, 4) is 0 Å². The number of hydrogen-bond acceptors (Lipinski definition) is 6. The quantitative estimate of drug-likeness (QED) is 0.381. The molecule has 6 nitrogen and oxygen atoms in total. The average Bonchev–Trinajstić information content (AvgIpc) is 2.44. The average molecular weight is 347 g/mol. The van der Waals surface area contributed by atoms with Gasteiger partial charge in [-0.1, -0.05) is 64.7 Å². The Hall–Kier alpha value is 0.340. The van der Waals surface area contributed by atoms with Crippen LogP contribution in [0.2, 0.25) is 0 Å². The van der Waals surface area contributed by atoms with Crippen LogP contribution >= 0.6 is 0 Å². The van der Waals surface area contributed by atoms with E-state index in [0.29, 0.717) is 6.42 Å². The van der Waals surface area contributed by atoms with Gasteiger partial charge in [-0.2, -0.15) is 8.42 Å². The monoisotopic (exact) mass is 347 g/mol. The Morgan fingerprint density at radius 3 is 1.82 bits per heavy atom. The summed E-state index contributed by atoms with van der Waals surface area (Å²) in [5, 5.41) is 0. The first-order valence-corrected chi connectivity index (χ1v) is 9.17. The Bertz CT molecular complexity index is 362. The summed E-state index contributed by atoms with van der Waals surface area (Å²) in [5.74, 6) is -1.02. The van der Waals surface area contributed by atoms with Crippen LogP contribution in [0.4, 0.5) is 0 Å². The van der Waals surface area contributed by atoms with Crippen LogP contribution in [0.15, 0.2) is 0 Å². The van der Waals surface area contributed by atoms with Gasteiger partial charge in [0.05, 0.1) is 13.2 Å². The van der Waals surface area contributed by atoms with Gasteiger partial charge < -0.3 is 9.92 Å². The molecule has 2 N–H and O–H groups in total. The van der Waals surface area contributed by atoms with E-state index < -0.39 is 22.9 Å². The standard InChI is InChI=1S/C14H29NO5S.Na.H/c1-2-3-4-5-6-7-8-9-10-11-12-19-21(17,18)20-14(16)13-15;;/h2-13,15H2,1H3;;. The van der Waals surface area contributed by atoms with Gasteiger partial charge in [-0.05, 0) is 6.42 Å². The summed E-state index contributed by atoms with van der Waals surface area (Å²) in [6, 6.07) is 0. The second-order valence-corrected chi connectivity index (χ2v) is 6.29. The van der Waals surface area contributed by atoms with Crippen molar-refractivity contribution >= 4 is 45.9 Å². The van der Waals surface area contributed by atoms with E-state index in [9.17, 15) is 13.2 Å². The van der Waals surface area contributed by atoms with Crippen LogP contribution in [0.3, 0.4) is 0 Å². The zero-order valence-electron chi connectivity index (χ0n) is 13.0. The van der Waals surface area contributed by atoms with Gasteiger partial charge >= 0.3 is 45.9 Å². The van der Waals surface area contributed by atoms with Gasteiger partial charge in [0.25, 0.3) is 0 Å². The van der Waals surface area contributed by atoms with Gasteiger partial charge in [-0.15, -0.1) is 0 Å². The summed E-state index contributed by atoms with van der Waals surface area (Å²) in [6.45, 7) is 1.76. The molecule has 0 heterocycles. The first-order chi connectivity index (χ1) is 10.0. The first kappa shape index (κ1) is 24.6. The fourth-order valence-electron chi connectivity index (χ4n) is 1.92. The molecule has 0 spiro atoms. The summed E-state index contributed by atoms with van der Waals surface area (Å²) in [7, 11) is -4.23. The molecule has 0 radical (unpaired) electrons. The number of nitrogens with two attached hydrogens (primary N) is 1. The maximum atomic E-state index is 11.1. The number of carbonyl (C=O) groups is 1. The van der Waals surface area contributed by atoms with Crippen LogP contribution in [0.5, 0.6) is 0 Å². The van der Waals surface area contributed by atoms with Crippen LogP contribution in [0.1, 0.15) is 71.1 Å². The summed E-state index contributed by atoms with van der Waals surface area (Å²) in [4.78, 5) is 10.7. The zero-order chi connectivity index (χ0) is 16.0. The van der Waals surface area contributed by atoms with Crippen molar-refractivity contribution in [3.63, 3.8) is 0 Å². The van der Waals surface area contributed by atoms with Crippen molar-refractivity contribution in [3.05, 3.63) is 0 Å². The Morgan fingerprint density at radius 1 is 0.909 bits per heavy atom. The maximum absolute atomic E-state index is 11.1. The Labute approximate surface area is 157 Å². The number of hydrogen-bond donors (Lipinski definition) is 1. The van der Waals surface area contributed by atoms with Gasteiger partial charge in [0, 0.05) is 0 Å². The molecule has 0 amide bonds. The normalized spacial score (nSPS) is 11.0. The minimum absolute atomic E-state index is 0. The molecule has 128 valence electrons. The number of unbranched alkanes of at least 4 members (excludes halogenated alkanes) is 9. The van der Waals surface area contributed by atoms with Crippen molar-refractivity contribution < 1.29 is 21.6 Å². The SMILES string of the molecule is CCCCCCCCCCCCOS(=O)(=O)OC(=O)CN.[NaH]. The predicted molar refractivity (Wildman–Crippen MR) is 89.0 cm³/mol. The van der Waals surface area contributed by atoms with E-state index in [2.05, 4.69) is 15.3 Å². The second kappa shape index (κ2) is 16.2. The number of carbonyl (C=O) groups excluding carboxylic acids is 1. The van der Waals surface area contributed by atoms with E-state index >= 15 is 0 Å². The molecule has 0 aromatic carbocycles. The summed E-state index contributed by atoms with van der Waals surface area (Å²) < 4.78 is 30.9. The van der Waals surface area contributed by atoms with Gasteiger partial charge in [0.2, 0.25) is 0 Å². The molecule has 0 saturated heterocycles. The molecular formula is C14H30NNaO5S. The van der Waals surface area contributed by atoms with Gasteiger partial charge in [0.15, 0.2) is 0 Å². The molecule has 0 aliphatic rings. The van der Waals surface area contributed by atoms with Crippen molar-refractivity contribution in [2.75, 3.05) is 13.2 Å². The molecule has 22 heavy (non-hydrogen) atoms. The molecule has 0 saturated carbocycles. The second-order valence-electron chi connectivity index (χ2n) is 5.07. The Balaban J connectivity index is 0. The summed E-state index contributed by atoms with van der Waals surface area (Å²) >= 11 is 0. The first-order valence-electron chi connectivity index (χ1n) is 7.83. The van der Waals surface area contributed by atoms with Crippen LogP contribution in [0, 0.1) is 0 Å². The molecule has 0 unspecified atom stereocenters. The minimum atomic E-state index is -4.23. The van der Waals surface area contributed by atoms with E-state index in [-0.39, 0.29) is 36.2 Å². The molecule has 0 aliphatic carbocycles. The van der Waals surface area contributed by atoms with E-state index in [0.717, 1.165) is 12.8 Å². The molecule has 0 aromatic heterocycles. The molecule has 0 rings (SSSR count). The zero-order valence-corrected chi connectivity index (χ0v) is 13.8. The Kier molecular flexibility index (Phi) is 18.1. The molecule has 8 heteroatoms. The third-order valence-corrected chi connectivity index (χ3v) is 3.93. The van der Waals surface area contributed by atoms with E-state index in [1.165, 1.54) is 44.9 Å². The molecule has 0 aromatic rings. The fourth-order valence-corrected chi connectivity index (χ4v) is 2.59. The van der Waals surface area contributed by atoms with Crippen molar-refractivity contribution in [1.29, 1.82) is 0 Å². The van der Waals surface area contributed by atoms with Crippen LogP contribution in [-0.2, 0) is 23.6 Å². The summed E-state index contributed by atoms with van der Waals surface area (Å²) in [6.07, 6.45) is 11.5. The van der Waals surface area contributed by atoms with E-state index in [4.69, 9.17) is 5.73 Å². The van der Waals surface area contributed by atoms with Gasteiger partial charge in [-0.3, -0.25) is 0 Å². The van der Waals surface area contributed by atoms with Crippen molar-refractivity contribution in [2.24, 2.45) is 5.73 Å². The third-order valence-electron chi connectivity index (χ3n) is 3.09. The summed E-state index contributed by atoms with van der Waals surface area (Å²) in [5.41, 5.74) is 4.95. The Morgan fingerprint density at radius 2 is 1.36 bits per heavy atom. The number of rotatable bonds is 14. The van der Waals surface area contributed by atoms with E-state index in [1.54, 1.807) is 0 Å². The molecule has 0 atom stereocenters. The molecule has 0 bridgehead atoms. The van der Waals surface area contributed by atoms with Gasteiger partial charge in [-0.25, -0.2) is 8.98 Å². The van der Waals surface area contributed by atoms with Crippen molar-refractivity contribution in [2.45, 2.75) is 71.1 Å². The molecule has 0 fully saturated rings.